The van der Waals surface area contributed by atoms with Crippen LogP contribution in [-0.2, 0) is 9.84 Å². The Labute approximate surface area is 127 Å². The molecule has 1 amide bonds. The summed E-state index contributed by atoms with van der Waals surface area (Å²) >= 11 is 11.5. The van der Waals surface area contributed by atoms with Crippen molar-refractivity contribution in [2.75, 3.05) is 18.1 Å². The fourth-order valence-corrected chi connectivity index (χ4v) is 4.93. The maximum atomic E-state index is 12.0. The highest BCUT2D eigenvalue weighted by molar-refractivity contribution is 7.91. The van der Waals surface area contributed by atoms with Gasteiger partial charge in [0, 0.05) is 12.1 Å². The van der Waals surface area contributed by atoms with E-state index < -0.39 is 15.3 Å². The fourth-order valence-electron chi connectivity index (χ4n) is 2.21. The quantitative estimate of drug-likeness (QED) is 0.856. The molecule has 0 bridgehead atoms. The summed E-state index contributed by atoms with van der Waals surface area (Å²) in [5.74, 6) is -0.0774. The Hall–Kier alpha value is -0.850. The Bertz CT molecular complexity index is 628. The summed E-state index contributed by atoms with van der Waals surface area (Å²) in [6, 6.07) is 2.83. The second-order valence-corrected chi connectivity index (χ2v) is 8.30. The first kappa shape index (κ1) is 15.5. The minimum Gasteiger partial charge on any atom is -0.351 e. The number of aromatic nitrogens is 1. The molecule has 2 rings (SSSR count). The number of rotatable bonds is 3. The summed E-state index contributed by atoms with van der Waals surface area (Å²) in [5.41, 5.74) is -0.116. The van der Waals surface area contributed by atoms with Gasteiger partial charge < -0.3 is 5.32 Å². The molecule has 1 N–H and O–H groups in total. The zero-order valence-electron chi connectivity index (χ0n) is 10.8. The molecule has 8 heteroatoms. The van der Waals surface area contributed by atoms with E-state index in [-0.39, 0.29) is 27.7 Å². The smallest absolute Gasteiger partial charge is 0.251 e. The maximum absolute atomic E-state index is 12.0. The summed E-state index contributed by atoms with van der Waals surface area (Å²) < 4.78 is 23.0. The van der Waals surface area contributed by atoms with Crippen LogP contribution in [-0.4, -0.2) is 37.4 Å². The third-order valence-electron chi connectivity index (χ3n) is 3.29. The zero-order chi connectivity index (χ0) is 15.0. The topological polar surface area (TPSA) is 76.1 Å². The van der Waals surface area contributed by atoms with Crippen molar-refractivity contribution < 1.29 is 13.2 Å². The van der Waals surface area contributed by atoms with E-state index in [1.54, 1.807) is 0 Å². The molecule has 1 unspecified atom stereocenters. The molecule has 20 heavy (non-hydrogen) atoms. The van der Waals surface area contributed by atoms with Crippen LogP contribution in [0.2, 0.25) is 10.3 Å². The van der Waals surface area contributed by atoms with Crippen molar-refractivity contribution in [3.63, 3.8) is 0 Å². The van der Waals surface area contributed by atoms with E-state index >= 15 is 0 Å². The Morgan fingerprint density at radius 1 is 1.40 bits per heavy atom. The molecule has 1 fully saturated rings. The lowest BCUT2D eigenvalue weighted by Crippen LogP contribution is -2.36. The number of carbonyl (C=O) groups excluding carboxylic acids is 1. The van der Waals surface area contributed by atoms with Gasteiger partial charge in [0.25, 0.3) is 5.91 Å². The first-order valence-electron chi connectivity index (χ1n) is 6.01. The number of hydrogen-bond acceptors (Lipinski definition) is 4. The molecule has 110 valence electrons. The molecule has 1 aromatic heterocycles. The third-order valence-corrected chi connectivity index (χ3v) is 5.64. The number of amides is 1. The molecule has 0 saturated carbocycles. The predicted molar refractivity (Wildman–Crippen MR) is 78.0 cm³/mol. The Morgan fingerprint density at radius 3 is 2.50 bits per heavy atom. The summed E-state index contributed by atoms with van der Waals surface area (Å²) in [4.78, 5) is 15.8. The summed E-state index contributed by atoms with van der Waals surface area (Å²) in [6.07, 6.45) is 0.549. The number of hydrogen-bond donors (Lipinski definition) is 1. The van der Waals surface area contributed by atoms with Gasteiger partial charge in [-0.15, -0.1) is 0 Å². The van der Waals surface area contributed by atoms with Gasteiger partial charge in [-0.1, -0.05) is 30.1 Å². The molecule has 1 atom stereocenters. The van der Waals surface area contributed by atoms with Gasteiger partial charge in [-0.25, -0.2) is 13.4 Å². The van der Waals surface area contributed by atoms with Crippen LogP contribution >= 0.6 is 23.2 Å². The molecular formula is C12H14Cl2N2O3S. The molecule has 0 spiro atoms. The van der Waals surface area contributed by atoms with E-state index in [1.807, 2.05) is 6.92 Å². The number of pyridine rings is 1. The molecule has 1 aromatic rings. The van der Waals surface area contributed by atoms with Crippen molar-refractivity contribution in [3.05, 3.63) is 28.0 Å². The molecule has 0 radical (unpaired) electrons. The van der Waals surface area contributed by atoms with Crippen LogP contribution in [0.15, 0.2) is 12.1 Å². The second-order valence-electron chi connectivity index (χ2n) is 5.34. The van der Waals surface area contributed by atoms with Gasteiger partial charge >= 0.3 is 0 Å². The summed E-state index contributed by atoms with van der Waals surface area (Å²) in [6.45, 7) is 2.15. The SMILES string of the molecule is CC1(CNC(=O)c2cc(Cl)nc(Cl)c2)CCS(=O)(=O)C1. The Balaban J connectivity index is 2.02. The highest BCUT2D eigenvalue weighted by Crippen LogP contribution is 2.31. The first-order chi connectivity index (χ1) is 9.19. The average molecular weight is 337 g/mol. The van der Waals surface area contributed by atoms with Crippen LogP contribution in [0.5, 0.6) is 0 Å². The van der Waals surface area contributed by atoms with Crippen molar-refractivity contribution in [2.45, 2.75) is 13.3 Å². The van der Waals surface area contributed by atoms with Gasteiger partial charge in [0.15, 0.2) is 9.84 Å². The highest BCUT2D eigenvalue weighted by atomic mass is 35.5. The van der Waals surface area contributed by atoms with E-state index in [2.05, 4.69) is 10.3 Å². The van der Waals surface area contributed by atoms with Gasteiger partial charge in [-0.2, -0.15) is 0 Å². The molecule has 1 aliphatic heterocycles. The van der Waals surface area contributed by atoms with Crippen molar-refractivity contribution in [3.8, 4) is 0 Å². The Kier molecular flexibility index (Phi) is 4.27. The first-order valence-corrected chi connectivity index (χ1v) is 8.59. The van der Waals surface area contributed by atoms with Crippen LogP contribution in [0.25, 0.3) is 0 Å². The molecule has 2 heterocycles. The summed E-state index contributed by atoms with van der Waals surface area (Å²) in [5, 5.41) is 3.00. The number of sulfone groups is 1. The van der Waals surface area contributed by atoms with E-state index in [4.69, 9.17) is 23.2 Å². The maximum Gasteiger partial charge on any atom is 0.251 e. The van der Waals surface area contributed by atoms with Gasteiger partial charge in [0.1, 0.15) is 10.3 Å². The van der Waals surface area contributed by atoms with Crippen LogP contribution in [0, 0.1) is 5.41 Å². The van der Waals surface area contributed by atoms with Gasteiger partial charge in [0.05, 0.1) is 11.5 Å². The molecule has 5 nitrogen and oxygen atoms in total. The molecule has 1 saturated heterocycles. The number of nitrogens with one attached hydrogen (secondary N) is 1. The van der Waals surface area contributed by atoms with Gasteiger partial charge in [-0.05, 0) is 24.0 Å². The van der Waals surface area contributed by atoms with Gasteiger partial charge in [0.2, 0.25) is 0 Å². The fraction of sp³-hybridized carbons (Fsp3) is 0.500. The highest BCUT2D eigenvalue weighted by Gasteiger charge is 2.38. The zero-order valence-corrected chi connectivity index (χ0v) is 13.1. The van der Waals surface area contributed by atoms with Crippen molar-refractivity contribution in [1.29, 1.82) is 0 Å². The monoisotopic (exact) mass is 336 g/mol. The average Bonchev–Trinajstić information content (AvgIpc) is 2.60. The van der Waals surface area contributed by atoms with E-state index in [1.165, 1.54) is 12.1 Å². The lowest BCUT2D eigenvalue weighted by molar-refractivity contribution is 0.0937. The van der Waals surface area contributed by atoms with E-state index in [0.717, 1.165) is 0 Å². The summed E-state index contributed by atoms with van der Waals surface area (Å²) in [7, 11) is -2.98. The van der Waals surface area contributed by atoms with Gasteiger partial charge in [-0.3, -0.25) is 4.79 Å². The normalized spacial score (nSPS) is 24.6. The second kappa shape index (κ2) is 5.50. The molecule has 0 aromatic carbocycles. The van der Waals surface area contributed by atoms with Crippen LogP contribution in [0.1, 0.15) is 23.7 Å². The van der Waals surface area contributed by atoms with Crippen LogP contribution < -0.4 is 5.32 Å². The standard InChI is InChI=1S/C12H14Cl2N2O3S/c1-12(2-3-20(18,19)7-12)6-15-11(17)8-4-9(13)16-10(14)5-8/h4-5H,2-3,6-7H2,1H3,(H,15,17). The predicted octanol–water partition coefficient (Wildman–Crippen LogP) is 1.94. The minimum atomic E-state index is -2.98. The Morgan fingerprint density at radius 2 is 2.00 bits per heavy atom. The van der Waals surface area contributed by atoms with Crippen molar-refractivity contribution in [2.24, 2.45) is 5.41 Å². The number of carbonyl (C=O) groups is 1. The van der Waals surface area contributed by atoms with E-state index in [0.29, 0.717) is 18.5 Å². The molecule has 1 aliphatic rings. The van der Waals surface area contributed by atoms with Crippen LogP contribution in [0.3, 0.4) is 0 Å². The van der Waals surface area contributed by atoms with E-state index in [9.17, 15) is 13.2 Å². The minimum absolute atomic E-state index is 0.0954. The van der Waals surface area contributed by atoms with Crippen LogP contribution in [0.4, 0.5) is 0 Å². The lowest BCUT2D eigenvalue weighted by Gasteiger charge is -2.22. The third kappa shape index (κ3) is 3.84. The largest absolute Gasteiger partial charge is 0.351 e. The van der Waals surface area contributed by atoms with Crippen molar-refractivity contribution in [1.82, 2.24) is 10.3 Å². The number of halogens is 2. The molecular weight excluding hydrogens is 323 g/mol. The lowest BCUT2D eigenvalue weighted by atomic mass is 9.90. The molecule has 0 aliphatic carbocycles. The number of nitrogens with zero attached hydrogens (tertiary/aromatic N) is 1. The van der Waals surface area contributed by atoms with Crippen molar-refractivity contribution >= 4 is 38.9 Å².